The van der Waals surface area contributed by atoms with Crippen LogP contribution >= 0.6 is 12.6 Å². The Hall–Kier alpha value is -0.640. The zero-order valence-corrected chi connectivity index (χ0v) is 7.65. The summed E-state index contributed by atoms with van der Waals surface area (Å²) >= 11 is 4.03. The molecule has 4 heteroatoms. The van der Waals surface area contributed by atoms with Crippen LogP contribution in [0.3, 0.4) is 0 Å². The van der Waals surface area contributed by atoms with Crippen molar-refractivity contribution < 1.29 is 9.53 Å². The lowest BCUT2D eigenvalue weighted by atomic mass is 10.3. The lowest BCUT2D eigenvalue weighted by molar-refractivity contribution is -0.119. The lowest BCUT2D eigenvalue weighted by Crippen LogP contribution is -2.36. The van der Waals surface area contributed by atoms with E-state index in [0.717, 1.165) is 0 Å². The molecular formula is C7H13NO2S. The Balaban J connectivity index is 3.94. The molecule has 1 unspecified atom stereocenters. The maximum absolute atomic E-state index is 10.6. The van der Waals surface area contributed by atoms with Crippen LogP contribution in [0, 0.1) is 0 Å². The van der Waals surface area contributed by atoms with Crippen LogP contribution in [-0.4, -0.2) is 24.8 Å². The first-order valence-corrected chi connectivity index (χ1v) is 3.85. The van der Waals surface area contributed by atoms with Gasteiger partial charge in [-0.05, 0) is 0 Å². The molecule has 0 aromatic rings. The summed E-state index contributed by atoms with van der Waals surface area (Å²) in [5.74, 6) is 0.907. The first-order chi connectivity index (χ1) is 5.11. The molecule has 0 spiro atoms. The summed E-state index contributed by atoms with van der Waals surface area (Å²) in [6.45, 7) is 5.06. The van der Waals surface area contributed by atoms with Crippen LogP contribution in [0.2, 0.25) is 0 Å². The molecule has 3 nitrogen and oxygen atoms in total. The van der Waals surface area contributed by atoms with E-state index in [4.69, 9.17) is 4.74 Å². The highest BCUT2D eigenvalue weighted by atomic mass is 32.1. The molecule has 0 heterocycles. The highest BCUT2D eigenvalue weighted by molar-refractivity contribution is 7.80. The van der Waals surface area contributed by atoms with Gasteiger partial charge in [0.05, 0.1) is 13.2 Å². The summed E-state index contributed by atoms with van der Waals surface area (Å²) in [7, 11) is 1.51. The van der Waals surface area contributed by atoms with E-state index in [9.17, 15) is 4.79 Å². The maximum atomic E-state index is 10.6. The summed E-state index contributed by atoms with van der Waals surface area (Å²) < 4.78 is 4.85. The average molecular weight is 175 g/mol. The van der Waals surface area contributed by atoms with Crippen LogP contribution in [0.5, 0.6) is 0 Å². The van der Waals surface area contributed by atoms with Crippen LogP contribution in [0.1, 0.15) is 6.92 Å². The van der Waals surface area contributed by atoms with Crippen molar-refractivity contribution in [2.75, 3.05) is 12.9 Å². The van der Waals surface area contributed by atoms with E-state index in [-0.39, 0.29) is 11.9 Å². The van der Waals surface area contributed by atoms with Gasteiger partial charge in [0, 0.05) is 12.7 Å². The molecule has 64 valence electrons. The molecule has 0 aliphatic carbocycles. The van der Waals surface area contributed by atoms with Crippen molar-refractivity contribution in [3.8, 4) is 0 Å². The van der Waals surface area contributed by atoms with E-state index in [0.29, 0.717) is 11.5 Å². The van der Waals surface area contributed by atoms with Crippen molar-refractivity contribution in [3.63, 3.8) is 0 Å². The Morgan fingerprint density at radius 1 is 1.82 bits per heavy atom. The number of rotatable bonds is 4. The second-order valence-corrected chi connectivity index (χ2v) is 2.47. The van der Waals surface area contributed by atoms with Crippen LogP contribution in [0.4, 0.5) is 0 Å². The molecular weight excluding hydrogens is 162 g/mol. The molecule has 0 aliphatic heterocycles. The highest BCUT2D eigenvalue weighted by Gasteiger charge is 2.11. The third-order valence-corrected chi connectivity index (χ3v) is 1.58. The normalized spacial score (nSPS) is 11.9. The second-order valence-electron chi connectivity index (χ2n) is 2.11. The molecule has 0 aliphatic rings. The predicted molar refractivity (Wildman–Crippen MR) is 47.6 cm³/mol. The van der Waals surface area contributed by atoms with Gasteiger partial charge in [-0.25, -0.2) is 0 Å². The Morgan fingerprint density at radius 2 is 2.36 bits per heavy atom. The molecule has 11 heavy (non-hydrogen) atoms. The van der Waals surface area contributed by atoms with Crippen molar-refractivity contribution >= 4 is 18.5 Å². The largest absolute Gasteiger partial charge is 0.500 e. The Bertz CT molecular complexity index is 159. The number of methoxy groups -OCH3 is 1. The Morgan fingerprint density at radius 3 is 2.64 bits per heavy atom. The minimum atomic E-state index is -0.194. The number of ether oxygens (including phenoxy) is 1. The summed E-state index contributed by atoms with van der Waals surface area (Å²) in [4.78, 5) is 10.6. The first-order valence-electron chi connectivity index (χ1n) is 3.22. The van der Waals surface area contributed by atoms with Gasteiger partial charge in [-0.1, -0.05) is 6.58 Å². The molecule has 0 saturated heterocycles. The van der Waals surface area contributed by atoms with Crippen LogP contribution in [0.25, 0.3) is 0 Å². The van der Waals surface area contributed by atoms with E-state index in [1.807, 2.05) is 0 Å². The number of hydrogen-bond donors (Lipinski definition) is 2. The maximum Gasteiger partial charge on any atom is 0.217 e. The van der Waals surface area contributed by atoms with Crippen LogP contribution in [0.15, 0.2) is 12.3 Å². The van der Waals surface area contributed by atoms with Crippen molar-refractivity contribution in [1.29, 1.82) is 0 Å². The van der Waals surface area contributed by atoms with E-state index >= 15 is 0 Å². The number of nitrogens with one attached hydrogen (secondary N) is 1. The fraction of sp³-hybridized carbons (Fsp3) is 0.571. The predicted octanol–water partition coefficient (Wildman–Crippen LogP) is 0.581. The van der Waals surface area contributed by atoms with Gasteiger partial charge in [0.1, 0.15) is 5.76 Å². The van der Waals surface area contributed by atoms with Gasteiger partial charge in [0.15, 0.2) is 0 Å². The number of carbonyl (C=O) groups excluding carboxylic acids is 1. The third kappa shape index (κ3) is 3.93. The minimum Gasteiger partial charge on any atom is -0.500 e. The number of hydrogen-bond acceptors (Lipinski definition) is 3. The van der Waals surface area contributed by atoms with E-state index in [1.54, 1.807) is 0 Å². The average Bonchev–Trinajstić information content (AvgIpc) is 1.98. The van der Waals surface area contributed by atoms with Crippen LogP contribution < -0.4 is 5.32 Å². The van der Waals surface area contributed by atoms with Crippen molar-refractivity contribution in [3.05, 3.63) is 12.3 Å². The summed E-state index contributed by atoms with van der Waals surface area (Å²) in [5.41, 5.74) is 0. The number of amides is 1. The fourth-order valence-corrected chi connectivity index (χ4v) is 0.910. The molecule has 0 saturated carbocycles. The standard InChI is InChI=1S/C7H13NO2S/c1-5(10-3)7(4-11)8-6(2)9/h7,11H,1,4H2,2-3H3,(H,8,9). The molecule has 0 aromatic carbocycles. The summed E-state index contributed by atoms with van der Waals surface area (Å²) in [6.07, 6.45) is 0. The monoisotopic (exact) mass is 175 g/mol. The van der Waals surface area contributed by atoms with Gasteiger partial charge in [0.2, 0.25) is 5.91 Å². The van der Waals surface area contributed by atoms with E-state index < -0.39 is 0 Å². The molecule has 1 amide bonds. The SMILES string of the molecule is C=C(OC)C(CS)NC(C)=O. The van der Waals surface area contributed by atoms with Crippen LogP contribution in [-0.2, 0) is 9.53 Å². The second kappa shape index (κ2) is 5.07. The zero-order valence-electron chi connectivity index (χ0n) is 6.76. The minimum absolute atomic E-state index is 0.109. The smallest absolute Gasteiger partial charge is 0.217 e. The highest BCUT2D eigenvalue weighted by Crippen LogP contribution is 2.01. The van der Waals surface area contributed by atoms with Gasteiger partial charge >= 0.3 is 0 Å². The molecule has 1 N–H and O–H groups in total. The quantitative estimate of drug-likeness (QED) is 0.484. The van der Waals surface area contributed by atoms with Gasteiger partial charge in [0.25, 0.3) is 0 Å². The third-order valence-electron chi connectivity index (χ3n) is 1.21. The summed E-state index contributed by atoms with van der Waals surface area (Å²) in [5, 5.41) is 2.64. The topological polar surface area (TPSA) is 38.3 Å². The zero-order chi connectivity index (χ0) is 8.85. The van der Waals surface area contributed by atoms with E-state index in [2.05, 4.69) is 24.5 Å². The number of thiol groups is 1. The Kier molecular flexibility index (Phi) is 4.77. The lowest BCUT2D eigenvalue weighted by Gasteiger charge is -2.16. The van der Waals surface area contributed by atoms with E-state index in [1.165, 1.54) is 14.0 Å². The number of carbonyl (C=O) groups is 1. The molecule has 0 radical (unpaired) electrons. The molecule has 0 rings (SSSR count). The molecule has 0 fully saturated rings. The van der Waals surface area contributed by atoms with Gasteiger partial charge in [-0.3, -0.25) is 4.79 Å². The fourth-order valence-electron chi connectivity index (χ4n) is 0.616. The van der Waals surface area contributed by atoms with Gasteiger partial charge in [-0.15, -0.1) is 0 Å². The first kappa shape index (κ1) is 10.4. The van der Waals surface area contributed by atoms with Crippen molar-refractivity contribution in [2.45, 2.75) is 13.0 Å². The Labute approximate surface area is 72.2 Å². The molecule has 0 bridgehead atoms. The van der Waals surface area contributed by atoms with Gasteiger partial charge < -0.3 is 10.1 Å². The molecule has 1 atom stereocenters. The van der Waals surface area contributed by atoms with Gasteiger partial charge in [-0.2, -0.15) is 12.6 Å². The molecule has 0 aromatic heterocycles. The van der Waals surface area contributed by atoms with Crippen molar-refractivity contribution in [2.24, 2.45) is 0 Å². The van der Waals surface area contributed by atoms with Crippen molar-refractivity contribution in [1.82, 2.24) is 5.32 Å². The summed E-state index contributed by atoms with van der Waals surface area (Å²) in [6, 6.07) is -0.194.